The molecule has 162 valence electrons. The van der Waals surface area contributed by atoms with E-state index in [1.165, 1.54) is 18.2 Å². The molecular weight excluding hydrogens is 411 g/mol. The largest absolute Gasteiger partial charge is 0.454 e. The third kappa shape index (κ3) is 4.25. The van der Waals surface area contributed by atoms with Crippen LogP contribution in [0.1, 0.15) is 5.56 Å². The number of carbonyl (C=O) groups excluding carboxylic acids is 1. The molecule has 0 atom stereocenters. The summed E-state index contributed by atoms with van der Waals surface area (Å²) >= 11 is 0. The highest BCUT2D eigenvalue weighted by Crippen LogP contribution is 2.35. The smallest absolute Gasteiger partial charge is 0.246 e. The maximum Gasteiger partial charge on any atom is 0.246 e. The normalized spacial score (nSPS) is 15.4. The van der Waals surface area contributed by atoms with Gasteiger partial charge in [-0.15, -0.1) is 10.2 Å². The minimum atomic E-state index is -0.295. The number of nitrogens with zero attached hydrogens (tertiary/aromatic N) is 4. The first kappa shape index (κ1) is 20.0. The lowest BCUT2D eigenvalue weighted by atomic mass is 10.1. The van der Waals surface area contributed by atoms with E-state index < -0.39 is 0 Å². The lowest BCUT2D eigenvalue weighted by Crippen LogP contribution is -2.48. The summed E-state index contributed by atoms with van der Waals surface area (Å²) in [5, 5.41) is 8.75. The number of anilines is 1. The predicted molar refractivity (Wildman–Crippen MR) is 118 cm³/mol. The van der Waals surface area contributed by atoms with Crippen molar-refractivity contribution in [1.82, 2.24) is 15.1 Å². The highest BCUT2D eigenvalue weighted by molar-refractivity contribution is 5.92. The van der Waals surface area contributed by atoms with E-state index in [0.29, 0.717) is 31.9 Å². The second kappa shape index (κ2) is 8.66. The Labute approximate surface area is 184 Å². The van der Waals surface area contributed by atoms with Crippen LogP contribution in [0.4, 0.5) is 10.2 Å². The highest BCUT2D eigenvalue weighted by atomic mass is 19.1. The SMILES string of the molecule is O=C(C=Cc1ccc(F)cc1)N1CCN(c2ccc(-c3ccc4c(c3)OCO4)nn2)CC1. The molecule has 0 spiro atoms. The Hall–Kier alpha value is -3.94. The van der Waals surface area contributed by atoms with E-state index in [1.807, 2.05) is 30.3 Å². The summed E-state index contributed by atoms with van der Waals surface area (Å²) in [6, 6.07) is 15.6. The van der Waals surface area contributed by atoms with Crippen molar-refractivity contribution in [1.29, 1.82) is 0 Å². The van der Waals surface area contributed by atoms with E-state index >= 15 is 0 Å². The van der Waals surface area contributed by atoms with Crippen LogP contribution in [0.5, 0.6) is 11.5 Å². The van der Waals surface area contributed by atoms with E-state index in [-0.39, 0.29) is 18.5 Å². The van der Waals surface area contributed by atoms with Gasteiger partial charge in [-0.05, 0) is 54.1 Å². The van der Waals surface area contributed by atoms with Gasteiger partial charge >= 0.3 is 0 Å². The summed E-state index contributed by atoms with van der Waals surface area (Å²) in [5.41, 5.74) is 2.46. The van der Waals surface area contributed by atoms with Crippen LogP contribution in [0, 0.1) is 5.82 Å². The van der Waals surface area contributed by atoms with Gasteiger partial charge in [0, 0.05) is 37.8 Å². The molecule has 8 heteroatoms. The summed E-state index contributed by atoms with van der Waals surface area (Å²) in [5.74, 6) is 1.87. The summed E-state index contributed by atoms with van der Waals surface area (Å²) in [6.45, 7) is 2.78. The Kier molecular flexibility index (Phi) is 5.41. The Morgan fingerprint density at radius 1 is 0.906 bits per heavy atom. The second-order valence-electron chi connectivity index (χ2n) is 7.54. The number of benzene rings is 2. The topological polar surface area (TPSA) is 67.8 Å². The number of amides is 1. The highest BCUT2D eigenvalue weighted by Gasteiger charge is 2.21. The van der Waals surface area contributed by atoms with Crippen molar-refractivity contribution in [2.75, 3.05) is 37.9 Å². The first-order valence-electron chi connectivity index (χ1n) is 10.4. The van der Waals surface area contributed by atoms with Crippen molar-refractivity contribution in [3.63, 3.8) is 0 Å². The van der Waals surface area contributed by atoms with Crippen LogP contribution in [-0.2, 0) is 4.79 Å². The number of carbonyl (C=O) groups is 1. The van der Waals surface area contributed by atoms with Gasteiger partial charge in [0.05, 0.1) is 5.69 Å². The van der Waals surface area contributed by atoms with E-state index in [1.54, 1.807) is 23.1 Å². The van der Waals surface area contributed by atoms with Crippen molar-refractivity contribution in [3.8, 4) is 22.8 Å². The van der Waals surface area contributed by atoms with Crippen molar-refractivity contribution >= 4 is 17.8 Å². The van der Waals surface area contributed by atoms with E-state index in [0.717, 1.165) is 28.4 Å². The van der Waals surface area contributed by atoms with Crippen LogP contribution < -0.4 is 14.4 Å². The molecule has 2 aliphatic heterocycles. The minimum Gasteiger partial charge on any atom is -0.454 e. The van der Waals surface area contributed by atoms with Crippen molar-refractivity contribution in [2.45, 2.75) is 0 Å². The molecule has 0 unspecified atom stereocenters. The molecule has 32 heavy (non-hydrogen) atoms. The fraction of sp³-hybridized carbons (Fsp3) is 0.208. The van der Waals surface area contributed by atoms with Gasteiger partial charge in [-0.1, -0.05) is 12.1 Å². The van der Waals surface area contributed by atoms with Gasteiger partial charge in [-0.3, -0.25) is 4.79 Å². The Morgan fingerprint density at radius 2 is 1.69 bits per heavy atom. The Bertz CT molecular complexity index is 1140. The first-order valence-corrected chi connectivity index (χ1v) is 10.4. The number of aromatic nitrogens is 2. The van der Waals surface area contributed by atoms with Gasteiger partial charge in [-0.25, -0.2) is 4.39 Å². The molecule has 2 aromatic carbocycles. The maximum atomic E-state index is 13.0. The lowest BCUT2D eigenvalue weighted by Gasteiger charge is -2.34. The summed E-state index contributed by atoms with van der Waals surface area (Å²) in [4.78, 5) is 16.4. The third-order valence-electron chi connectivity index (χ3n) is 5.52. The number of piperazine rings is 1. The van der Waals surface area contributed by atoms with Crippen LogP contribution in [0.25, 0.3) is 17.3 Å². The van der Waals surface area contributed by atoms with Gasteiger partial charge in [0.25, 0.3) is 0 Å². The second-order valence-corrected chi connectivity index (χ2v) is 7.54. The van der Waals surface area contributed by atoms with Gasteiger partial charge in [-0.2, -0.15) is 0 Å². The van der Waals surface area contributed by atoms with Crippen molar-refractivity contribution in [3.05, 3.63) is 72.1 Å². The molecule has 0 radical (unpaired) electrons. The molecule has 1 amide bonds. The molecule has 1 fully saturated rings. The zero-order valence-electron chi connectivity index (χ0n) is 17.3. The minimum absolute atomic E-state index is 0.0572. The maximum absolute atomic E-state index is 13.0. The number of fused-ring (bicyclic) bond motifs is 1. The zero-order valence-corrected chi connectivity index (χ0v) is 17.3. The number of halogens is 1. The van der Waals surface area contributed by atoms with Gasteiger partial charge in [0.15, 0.2) is 17.3 Å². The first-order chi connectivity index (χ1) is 15.7. The average Bonchev–Trinajstić information content (AvgIpc) is 3.32. The standard InChI is InChI=1S/C24H21FN4O3/c25-19-5-1-17(2-6-19)3-10-24(30)29-13-11-28(12-14-29)23-9-7-20(26-27-23)18-4-8-21-22(15-18)32-16-31-21/h1-10,15H,11-14,16H2. The van der Waals surface area contributed by atoms with Gasteiger partial charge in [0.1, 0.15) is 5.82 Å². The molecule has 3 aromatic rings. The van der Waals surface area contributed by atoms with E-state index in [4.69, 9.17) is 9.47 Å². The number of hydrogen-bond acceptors (Lipinski definition) is 6. The molecule has 0 saturated carbocycles. The molecule has 3 heterocycles. The molecule has 1 saturated heterocycles. The lowest BCUT2D eigenvalue weighted by molar-refractivity contribution is -0.126. The third-order valence-corrected chi connectivity index (χ3v) is 5.52. The van der Waals surface area contributed by atoms with Crippen LogP contribution in [0.3, 0.4) is 0 Å². The molecule has 1 aromatic heterocycles. The van der Waals surface area contributed by atoms with Gasteiger partial charge in [0.2, 0.25) is 12.7 Å². The summed E-state index contributed by atoms with van der Waals surface area (Å²) in [7, 11) is 0. The molecule has 2 aliphatic rings. The molecule has 7 nitrogen and oxygen atoms in total. The summed E-state index contributed by atoms with van der Waals surface area (Å²) < 4.78 is 23.8. The quantitative estimate of drug-likeness (QED) is 0.589. The fourth-order valence-electron chi connectivity index (χ4n) is 3.71. The van der Waals surface area contributed by atoms with Crippen LogP contribution >= 0.6 is 0 Å². The zero-order chi connectivity index (χ0) is 21.9. The number of hydrogen-bond donors (Lipinski definition) is 0. The van der Waals surface area contributed by atoms with Crippen molar-refractivity contribution < 1.29 is 18.7 Å². The molecule has 0 aliphatic carbocycles. The number of ether oxygens (including phenoxy) is 2. The molecule has 0 bridgehead atoms. The Morgan fingerprint density at radius 3 is 2.44 bits per heavy atom. The molecule has 5 rings (SSSR count). The number of rotatable bonds is 4. The van der Waals surface area contributed by atoms with Crippen LogP contribution in [0.2, 0.25) is 0 Å². The summed E-state index contributed by atoms with van der Waals surface area (Å²) in [6.07, 6.45) is 3.23. The van der Waals surface area contributed by atoms with Crippen LogP contribution in [-0.4, -0.2) is 54.0 Å². The Balaban J connectivity index is 1.18. The molecule has 0 N–H and O–H groups in total. The fourth-order valence-corrected chi connectivity index (χ4v) is 3.71. The average molecular weight is 432 g/mol. The van der Waals surface area contributed by atoms with Crippen molar-refractivity contribution in [2.24, 2.45) is 0 Å². The monoisotopic (exact) mass is 432 g/mol. The predicted octanol–water partition coefficient (Wildman–Crippen LogP) is 3.37. The van der Waals surface area contributed by atoms with Gasteiger partial charge < -0.3 is 19.3 Å². The van der Waals surface area contributed by atoms with E-state index in [9.17, 15) is 9.18 Å². The van der Waals surface area contributed by atoms with Crippen LogP contribution in [0.15, 0.2) is 60.7 Å². The molecular formula is C24H21FN4O3. The van der Waals surface area contributed by atoms with E-state index in [2.05, 4.69) is 15.1 Å².